The molecule has 0 spiro atoms. The molecule has 0 radical (unpaired) electrons. The SMILES string of the molecule is N=C1C(=Nc2ccc(C(O)NCCO)cc2)C(C(F)(F)F)=NN1c1ccccc1. The van der Waals surface area contributed by atoms with Crippen molar-refractivity contribution in [2.24, 2.45) is 10.1 Å². The second-order valence-corrected chi connectivity index (χ2v) is 6.07. The van der Waals surface area contributed by atoms with E-state index in [4.69, 9.17) is 10.5 Å². The fraction of sp³-hybridized carbons (Fsp3) is 0.211. The number of hydrazone groups is 1. The number of hydrogen-bond acceptors (Lipinski definition) is 6. The summed E-state index contributed by atoms with van der Waals surface area (Å²) in [7, 11) is 0. The second kappa shape index (κ2) is 8.52. The summed E-state index contributed by atoms with van der Waals surface area (Å²) in [5, 5.41) is 33.9. The number of anilines is 1. The van der Waals surface area contributed by atoms with Gasteiger partial charge in [0.2, 0.25) is 0 Å². The topological polar surface area (TPSA) is 104 Å². The van der Waals surface area contributed by atoms with Crippen LogP contribution in [0.3, 0.4) is 0 Å². The second-order valence-electron chi connectivity index (χ2n) is 6.07. The summed E-state index contributed by atoms with van der Waals surface area (Å²) >= 11 is 0. The highest BCUT2D eigenvalue weighted by molar-refractivity contribution is 6.73. The molecule has 2 aromatic carbocycles. The Morgan fingerprint density at radius 3 is 2.34 bits per heavy atom. The molecule has 10 heteroatoms. The van der Waals surface area contributed by atoms with Gasteiger partial charge < -0.3 is 10.2 Å². The molecule has 0 fully saturated rings. The van der Waals surface area contributed by atoms with Gasteiger partial charge in [0.25, 0.3) is 0 Å². The van der Waals surface area contributed by atoms with Crippen molar-refractivity contribution in [3.05, 3.63) is 60.2 Å². The molecule has 1 unspecified atom stereocenters. The van der Waals surface area contributed by atoms with Crippen LogP contribution < -0.4 is 10.3 Å². The van der Waals surface area contributed by atoms with E-state index in [1.807, 2.05) is 0 Å². The normalized spacial score (nSPS) is 17.0. The van der Waals surface area contributed by atoms with Crippen LogP contribution in [0.4, 0.5) is 24.5 Å². The van der Waals surface area contributed by atoms with Gasteiger partial charge in [-0.3, -0.25) is 10.7 Å². The van der Waals surface area contributed by atoms with Crippen LogP contribution in [0, 0.1) is 5.41 Å². The van der Waals surface area contributed by atoms with Crippen LogP contribution in [0.1, 0.15) is 11.8 Å². The van der Waals surface area contributed by atoms with Crippen molar-refractivity contribution in [1.82, 2.24) is 5.32 Å². The number of benzene rings is 2. The molecule has 7 nitrogen and oxygen atoms in total. The molecule has 0 saturated carbocycles. The molecular formula is C19H18F3N5O2. The Balaban J connectivity index is 1.91. The molecule has 0 aliphatic carbocycles. The first-order valence-electron chi connectivity index (χ1n) is 8.62. The van der Waals surface area contributed by atoms with E-state index in [0.29, 0.717) is 11.3 Å². The van der Waals surface area contributed by atoms with E-state index in [1.165, 1.54) is 24.3 Å². The van der Waals surface area contributed by atoms with Gasteiger partial charge in [0, 0.05) is 6.54 Å². The quantitative estimate of drug-likeness (QED) is 0.555. The van der Waals surface area contributed by atoms with Crippen LogP contribution in [-0.2, 0) is 0 Å². The summed E-state index contributed by atoms with van der Waals surface area (Å²) in [6.07, 6.45) is -5.81. The summed E-state index contributed by atoms with van der Waals surface area (Å²) < 4.78 is 40.4. The van der Waals surface area contributed by atoms with Crippen LogP contribution >= 0.6 is 0 Å². The largest absolute Gasteiger partial charge is 0.437 e. The Labute approximate surface area is 164 Å². The number of aliphatic hydroxyl groups is 2. The van der Waals surface area contributed by atoms with Crippen molar-refractivity contribution < 1.29 is 23.4 Å². The molecule has 29 heavy (non-hydrogen) atoms. The van der Waals surface area contributed by atoms with Crippen LogP contribution in [0.5, 0.6) is 0 Å². The molecule has 1 aliphatic heterocycles. The first kappa shape index (κ1) is 20.6. The highest BCUT2D eigenvalue weighted by atomic mass is 19.4. The fourth-order valence-electron chi connectivity index (χ4n) is 2.64. The van der Waals surface area contributed by atoms with Crippen molar-refractivity contribution in [1.29, 1.82) is 5.41 Å². The van der Waals surface area contributed by atoms with E-state index in [2.05, 4.69) is 15.4 Å². The Kier molecular flexibility index (Phi) is 6.06. The Morgan fingerprint density at radius 1 is 1.10 bits per heavy atom. The van der Waals surface area contributed by atoms with Crippen LogP contribution in [-0.4, -0.2) is 46.8 Å². The molecule has 1 heterocycles. The molecule has 0 aromatic heterocycles. The minimum atomic E-state index is -4.78. The number of aliphatic hydroxyl groups excluding tert-OH is 2. The van der Waals surface area contributed by atoms with E-state index >= 15 is 0 Å². The molecular weight excluding hydrogens is 387 g/mol. The van der Waals surface area contributed by atoms with Crippen molar-refractivity contribution in [2.45, 2.75) is 12.4 Å². The predicted molar refractivity (Wildman–Crippen MR) is 104 cm³/mol. The van der Waals surface area contributed by atoms with E-state index < -0.39 is 29.7 Å². The predicted octanol–water partition coefficient (Wildman–Crippen LogP) is 2.75. The van der Waals surface area contributed by atoms with Gasteiger partial charge in [-0.2, -0.15) is 18.3 Å². The van der Waals surface area contributed by atoms with Crippen LogP contribution in [0.25, 0.3) is 0 Å². The lowest BCUT2D eigenvalue weighted by Crippen LogP contribution is -2.33. The fourth-order valence-corrected chi connectivity index (χ4v) is 2.64. The van der Waals surface area contributed by atoms with E-state index in [-0.39, 0.29) is 18.8 Å². The summed E-state index contributed by atoms with van der Waals surface area (Å²) in [5.74, 6) is -0.489. The monoisotopic (exact) mass is 405 g/mol. The minimum Gasteiger partial charge on any atom is -0.395 e. The number of halogens is 3. The Morgan fingerprint density at radius 2 is 1.76 bits per heavy atom. The van der Waals surface area contributed by atoms with Crippen LogP contribution in [0.2, 0.25) is 0 Å². The van der Waals surface area contributed by atoms with Gasteiger partial charge >= 0.3 is 6.18 Å². The number of alkyl halides is 3. The van der Waals surface area contributed by atoms with Gasteiger partial charge in [0.15, 0.2) is 11.5 Å². The summed E-state index contributed by atoms with van der Waals surface area (Å²) in [4.78, 5) is 3.98. The number of hydrogen-bond donors (Lipinski definition) is 4. The lowest BCUT2D eigenvalue weighted by atomic mass is 10.1. The van der Waals surface area contributed by atoms with Gasteiger partial charge in [-0.05, 0) is 29.8 Å². The Hall–Kier alpha value is -3.08. The van der Waals surface area contributed by atoms with E-state index in [0.717, 1.165) is 5.01 Å². The summed E-state index contributed by atoms with van der Waals surface area (Å²) in [6.45, 7) is 0.0332. The smallest absolute Gasteiger partial charge is 0.395 e. The van der Waals surface area contributed by atoms with Crippen molar-refractivity contribution >= 4 is 28.6 Å². The van der Waals surface area contributed by atoms with Crippen molar-refractivity contribution in [3.8, 4) is 0 Å². The first-order valence-corrected chi connectivity index (χ1v) is 8.62. The third kappa shape index (κ3) is 4.67. The van der Waals surface area contributed by atoms with Gasteiger partial charge in [0.1, 0.15) is 11.9 Å². The average Bonchev–Trinajstić information content (AvgIpc) is 3.04. The highest BCUT2D eigenvalue weighted by Crippen LogP contribution is 2.29. The highest BCUT2D eigenvalue weighted by Gasteiger charge is 2.46. The lowest BCUT2D eigenvalue weighted by molar-refractivity contribution is -0.0565. The number of para-hydroxylation sites is 1. The number of nitrogens with one attached hydrogen (secondary N) is 2. The van der Waals surface area contributed by atoms with Crippen molar-refractivity contribution in [2.75, 3.05) is 18.2 Å². The Bertz CT molecular complexity index is 927. The number of rotatable bonds is 6. The number of aliphatic imine (C=N–C) groups is 1. The minimum absolute atomic E-state index is 0.150. The van der Waals surface area contributed by atoms with Crippen LogP contribution in [0.15, 0.2) is 64.7 Å². The van der Waals surface area contributed by atoms with Gasteiger partial charge in [-0.1, -0.05) is 30.3 Å². The molecule has 152 valence electrons. The van der Waals surface area contributed by atoms with E-state index in [1.54, 1.807) is 30.3 Å². The van der Waals surface area contributed by atoms with Gasteiger partial charge in [-0.15, -0.1) is 0 Å². The van der Waals surface area contributed by atoms with Crippen molar-refractivity contribution in [3.63, 3.8) is 0 Å². The zero-order valence-corrected chi connectivity index (χ0v) is 15.1. The zero-order chi connectivity index (χ0) is 21.0. The van der Waals surface area contributed by atoms with Gasteiger partial charge in [-0.25, -0.2) is 10.0 Å². The lowest BCUT2D eigenvalue weighted by Gasteiger charge is -2.13. The molecule has 3 rings (SSSR count). The molecule has 1 atom stereocenters. The zero-order valence-electron chi connectivity index (χ0n) is 15.1. The number of amidine groups is 1. The molecule has 0 bridgehead atoms. The van der Waals surface area contributed by atoms with E-state index in [9.17, 15) is 18.3 Å². The third-order valence-electron chi connectivity index (χ3n) is 4.03. The molecule has 0 amide bonds. The molecule has 2 aromatic rings. The molecule has 1 aliphatic rings. The molecule has 4 N–H and O–H groups in total. The van der Waals surface area contributed by atoms with Gasteiger partial charge in [0.05, 0.1) is 18.0 Å². The summed E-state index contributed by atoms with van der Waals surface area (Å²) in [6, 6.07) is 13.9. The molecule has 0 saturated heterocycles. The third-order valence-corrected chi connectivity index (χ3v) is 4.03. The standard InChI is InChI=1S/C19H18F3N5O2/c20-19(21,22)16-15(17(23)27(26-16)14-4-2-1-3-5-14)25-13-8-6-12(7-9-13)18(29)24-10-11-28/h1-9,18,23-24,28-29H,10-11H2. The maximum Gasteiger partial charge on any atom is 0.437 e. The summed E-state index contributed by atoms with van der Waals surface area (Å²) in [5.41, 5.74) is -0.889. The maximum absolute atomic E-state index is 13.5. The first-order chi connectivity index (χ1) is 13.8. The maximum atomic E-state index is 13.5. The number of nitrogens with zero attached hydrogens (tertiary/aromatic N) is 3. The average molecular weight is 405 g/mol.